The van der Waals surface area contributed by atoms with Crippen molar-refractivity contribution in [3.63, 3.8) is 0 Å². The minimum atomic E-state index is -3.08. The Morgan fingerprint density at radius 1 is 1.38 bits per heavy atom. The molecule has 0 spiro atoms. The number of piperidine rings is 1. The zero-order valence-electron chi connectivity index (χ0n) is 16.1. The van der Waals surface area contributed by atoms with Crippen molar-refractivity contribution in [3.05, 3.63) is 22.4 Å². The third kappa shape index (κ3) is 6.25. The van der Waals surface area contributed by atoms with Gasteiger partial charge in [0.1, 0.15) is 0 Å². The molecule has 0 aromatic carbocycles. The first kappa shape index (κ1) is 21.2. The van der Waals surface area contributed by atoms with Crippen LogP contribution in [0.4, 0.5) is 0 Å². The van der Waals surface area contributed by atoms with Gasteiger partial charge in [-0.15, -0.1) is 11.3 Å². The Hall–Kier alpha value is -1.12. The molecule has 2 heterocycles. The predicted molar refractivity (Wildman–Crippen MR) is 111 cm³/mol. The molecule has 8 heteroatoms. The van der Waals surface area contributed by atoms with E-state index in [9.17, 15) is 8.42 Å². The fourth-order valence-electron chi connectivity index (χ4n) is 3.07. The van der Waals surface area contributed by atoms with Crippen LogP contribution < -0.4 is 10.6 Å². The van der Waals surface area contributed by atoms with E-state index < -0.39 is 10.0 Å². The molecule has 0 aliphatic carbocycles. The van der Waals surface area contributed by atoms with Gasteiger partial charge in [-0.1, -0.05) is 19.9 Å². The summed E-state index contributed by atoms with van der Waals surface area (Å²) in [6, 6.07) is 4.49. The molecule has 0 amide bonds. The van der Waals surface area contributed by atoms with Gasteiger partial charge >= 0.3 is 0 Å². The van der Waals surface area contributed by atoms with Crippen molar-refractivity contribution in [1.82, 2.24) is 14.9 Å². The Morgan fingerprint density at radius 3 is 2.69 bits per heavy atom. The molecule has 2 N–H and O–H groups in total. The van der Waals surface area contributed by atoms with E-state index in [1.54, 1.807) is 15.6 Å². The van der Waals surface area contributed by atoms with Crippen molar-refractivity contribution in [3.8, 4) is 0 Å². The van der Waals surface area contributed by atoms with Crippen LogP contribution in [0, 0.1) is 0 Å². The topological polar surface area (TPSA) is 73.8 Å². The summed E-state index contributed by atoms with van der Waals surface area (Å²) in [5.74, 6) is 1.47. The minimum absolute atomic E-state index is 0.246. The second kappa shape index (κ2) is 10.3. The third-order valence-electron chi connectivity index (χ3n) is 4.55. The van der Waals surface area contributed by atoms with Crippen LogP contribution in [0.3, 0.4) is 0 Å². The standard InChI is InChI=1S/C18H32N4O2S2/c1-4-13-26(23,24)22-10-8-16(9-11-22)21-18(19-5-2)20-14-15(3)17-7-6-12-25-17/h6-7,12,15-16H,4-5,8-11,13-14H2,1-3H3,(H2,19,20,21). The van der Waals surface area contributed by atoms with Crippen LogP contribution in [0.1, 0.15) is 50.8 Å². The average Bonchev–Trinajstić information content (AvgIpc) is 3.15. The lowest BCUT2D eigenvalue weighted by Gasteiger charge is -2.32. The lowest BCUT2D eigenvalue weighted by molar-refractivity contribution is 0.306. The van der Waals surface area contributed by atoms with E-state index in [2.05, 4.69) is 42.0 Å². The average molecular weight is 401 g/mol. The molecule has 6 nitrogen and oxygen atoms in total. The van der Waals surface area contributed by atoms with Crippen molar-refractivity contribution < 1.29 is 8.42 Å². The number of aliphatic imine (C=N–C) groups is 1. The van der Waals surface area contributed by atoms with E-state index in [1.807, 2.05) is 6.92 Å². The van der Waals surface area contributed by atoms with Crippen molar-refractivity contribution in [1.29, 1.82) is 0 Å². The molecule has 148 valence electrons. The number of nitrogens with one attached hydrogen (secondary N) is 2. The molecule has 0 radical (unpaired) electrons. The van der Waals surface area contributed by atoms with Gasteiger partial charge in [0, 0.05) is 36.5 Å². The largest absolute Gasteiger partial charge is 0.357 e. The van der Waals surface area contributed by atoms with Crippen molar-refractivity contribution >= 4 is 27.3 Å². The zero-order chi connectivity index (χ0) is 19.0. The molecule has 0 bridgehead atoms. The molecule has 1 atom stereocenters. The van der Waals surface area contributed by atoms with Crippen LogP contribution in [0.25, 0.3) is 0 Å². The zero-order valence-corrected chi connectivity index (χ0v) is 17.7. The van der Waals surface area contributed by atoms with Crippen LogP contribution >= 0.6 is 11.3 Å². The van der Waals surface area contributed by atoms with Gasteiger partial charge in [-0.25, -0.2) is 12.7 Å². The fraction of sp³-hybridized carbons (Fsp3) is 0.722. The van der Waals surface area contributed by atoms with Crippen LogP contribution in [-0.4, -0.2) is 56.7 Å². The number of sulfonamides is 1. The summed E-state index contributed by atoms with van der Waals surface area (Å²) in [5, 5.41) is 8.88. The second-order valence-corrected chi connectivity index (χ2v) is 9.84. The summed E-state index contributed by atoms with van der Waals surface area (Å²) in [4.78, 5) is 6.08. The smallest absolute Gasteiger partial charge is 0.214 e. The Balaban J connectivity index is 1.87. The third-order valence-corrected chi connectivity index (χ3v) is 7.73. The van der Waals surface area contributed by atoms with Gasteiger partial charge in [0.15, 0.2) is 5.96 Å². The molecule has 1 aliphatic rings. The van der Waals surface area contributed by atoms with Crippen LogP contribution in [-0.2, 0) is 10.0 Å². The van der Waals surface area contributed by atoms with Crippen LogP contribution in [0.5, 0.6) is 0 Å². The lowest BCUT2D eigenvalue weighted by atomic mass is 10.1. The summed E-state index contributed by atoms with van der Waals surface area (Å²) in [5.41, 5.74) is 0. The first-order valence-electron chi connectivity index (χ1n) is 9.52. The lowest BCUT2D eigenvalue weighted by Crippen LogP contribution is -2.50. The Morgan fingerprint density at radius 2 is 2.12 bits per heavy atom. The summed E-state index contributed by atoms with van der Waals surface area (Å²) < 4.78 is 26.0. The number of nitrogens with zero attached hydrogens (tertiary/aromatic N) is 2. The van der Waals surface area contributed by atoms with Gasteiger partial charge in [0.05, 0.1) is 12.3 Å². The van der Waals surface area contributed by atoms with Crippen LogP contribution in [0.15, 0.2) is 22.5 Å². The number of thiophene rings is 1. The molecular formula is C18H32N4O2S2. The SMILES string of the molecule is CCCS(=O)(=O)N1CCC(NC(=NCC(C)c2cccs2)NCC)CC1. The Kier molecular flexibility index (Phi) is 8.37. The first-order chi connectivity index (χ1) is 12.5. The van der Waals surface area contributed by atoms with Crippen molar-refractivity contribution in [2.24, 2.45) is 4.99 Å². The number of guanidine groups is 1. The second-order valence-electron chi connectivity index (χ2n) is 6.77. The predicted octanol–water partition coefficient (Wildman–Crippen LogP) is 2.61. The highest BCUT2D eigenvalue weighted by atomic mass is 32.2. The van der Waals surface area contributed by atoms with E-state index >= 15 is 0 Å². The van der Waals surface area contributed by atoms with Gasteiger partial charge in [-0.05, 0) is 37.6 Å². The maximum Gasteiger partial charge on any atom is 0.214 e. The van der Waals surface area contributed by atoms with E-state index in [0.717, 1.165) is 31.9 Å². The summed E-state index contributed by atoms with van der Waals surface area (Å²) >= 11 is 1.77. The van der Waals surface area contributed by atoms with Gasteiger partial charge in [0.25, 0.3) is 0 Å². The monoisotopic (exact) mass is 400 g/mol. The van der Waals surface area contributed by atoms with Gasteiger partial charge < -0.3 is 10.6 Å². The number of rotatable bonds is 8. The van der Waals surface area contributed by atoms with Gasteiger partial charge in [-0.2, -0.15) is 0 Å². The van der Waals surface area contributed by atoms with Crippen molar-refractivity contribution in [2.45, 2.75) is 52.0 Å². The molecule has 26 heavy (non-hydrogen) atoms. The quantitative estimate of drug-likeness (QED) is 0.520. The molecule has 1 unspecified atom stereocenters. The highest BCUT2D eigenvalue weighted by Crippen LogP contribution is 2.20. The molecular weight excluding hydrogens is 368 g/mol. The van der Waals surface area contributed by atoms with Gasteiger partial charge in [-0.3, -0.25) is 4.99 Å². The molecule has 1 saturated heterocycles. The molecule has 2 rings (SSSR count). The summed E-state index contributed by atoms with van der Waals surface area (Å²) in [6.45, 7) is 8.87. The summed E-state index contributed by atoms with van der Waals surface area (Å²) in [6.07, 6.45) is 2.29. The molecule has 1 aromatic rings. The van der Waals surface area contributed by atoms with Crippen molar-refractivity contribution in [2.75, 3.05) is 31.9 Å². The Labute approximate surface area is 162 Å². The van der Waals surface area contributed by atoms with Crippen LogP contribution in [0.2, 0.25) is 0 Å². The van der Waals surface area contributed by atoms with E-state index in [-0.39, 0.29) is 11.8 Å². The first-order valence-corrected chi connectivity index (χ1v) is 12.0. The normalized spacial score (nSPS) is 18.7. The summed E-state index contributed by atoms with van der Waals surface area (Å²) in [7, 11) is -3.08. The maximum absolute atomic E-state index is 12.2. The van der Waals surface area contributed by atoms with E-state index in [1.165, 1.54) is 4.88 Å². The molecule has 0 saturated carbocycles. The van der Waals surface area contributed by atoms with Gasteiger partial charge in [0.2, 0.25) is 10.0 Å². The Bertz CT molecular complexity index is 651. The molecule has 1 aliphatic heterocycles. The minimum Gasteiger partial charge on any atom is -0.357 e. The maximum atomic E-state index is 12.2. The molecule has 1 fully saturated rings. The number of hydrogen-bond donors (Lipinski definition) is 2. The highest BCUT2D eigenvalue weighted by molar-refractivity contribution is 7.89. The molecule has 1 aromatic heterocycles. The fourth-order valence-corrected chi connectivity index (χ4v) is 5.39. The van der Waals surface area contributed by atoms with E-state index in [0.29, 0.717) is 25.4 Å². The van der Waals surface area contributed by atoms with E-state index in [4.69, 9.17) is 4.99 Å². The number of hydrogen-bond acceptors (Lipinski definition) is 4. The highest BCUT2D eigenvalue weighted by Gasteiger charge is 2.27.